The highest BCUT2D eigenvalue weighted by molar-refractivity contribution is 5.98. The maximum Gasteiger partial charge on any atom is 0.0730 e. The first kappa shape index (κ1) is 31.3. The number of hydrogen-bond acceptors (Lipinski definition) is 2. The average molecular weight is 682 g/mol. The Morgan fingerprint density at radius 3 is 2.13 bits per heavy atom. The molecular weight excluding hydrogens is 643 g/mol. The van der Waals surface area contributed by atoms with Crippen molar-refractivity contribution in [1.82, 2.24) is 9.55 Å². The third-order valence-electron chi connectivity index (χ3n) is 11.3. The number of nitrogens with zero attached hydrogens (tertiary/aromatic N) is 3. The molecule has 0 bridgehead atoms. The van der Waals surface area contributed by atoms with Gasteiger partial charge in [-0.1, -0.05) is 152 Å². The quantitative estimate of drug-likeness (QED) is 0.184. The first-order valence-corrected chi connectivity index (χ1v) is 18.7. The van der Waals surface area contributed by atoms with Crippen molar-refractivity contribution >= 4 is 45.7 Å². The Bertz CT molecular complexity index is 2760. The van der Waals surface area contributed by atoms with Gasteiger partial charge in [0.1, 0.15) is 0 Å². The van der Waals surface area contributed by atoms with Crippen LogP contribution in [0.1, 0.15) is 24.5 Å². The van der Waals surface area contributed by atoms with Crippen LogP contribution in [0.2, 0.25) is 0 Å². The SMILES string of the molecule is C=c1c(=C2/C(=C\C)C3C=CC=CC3N2c2cc(-c3ccccc3)nc(-c3ccccc3)c2)c2ccccc2n1-c1cc2ccccc2c2c1CCC=C2. The molecule has 254 valence electrons. The smallest absolute Gasteiger partial charge is 0.0730 e. The lowest BCUT2D eigenvalue weighted by Gasteiger charge is -2.29. The molecule has 0 spiro atoms. The zero-order valence-electron chi connectivity index (χ0n) is 29.8. The van der Waals surface area contributed by atoms with Crippen molar-refractivity contribution in [1.29, 1.82) is 0 Å². The Balaban J connectivity index is 1.31. The van der Waals surface area contributed by atoms with Crippen molar-refractivity contribution in [3.63, 3.8) is 0 Å². The van der Waals surface area contributed by atoms with Gasteiger partial charge < -0.3 is 9.47 Å². The molecule has 1 fully saturated rings. The molecular formula is C50H39N3. The van der Waals surface area contributed by atoms with E-state index in [1.165, 1.54) is 55.0 Å². The van der Waals surface area contributed by atoms with E-state index in [1.807, 2.05) is 0 Å². The molecule has 0 amide bonds. The summed E-state index contributed by atoms with van der Waals surface area (Å²) >= 11 is 0. The molecule has 7 aromatic rings. The molecule has 1 aliphatic heterocycles. The Kier molecular flexibility index (Phi) is 7.47. The zero-order chi connectivity index (χ0) is 35.5. The lowest BCUT2D eigenvalue weighted by molar-refractivity contribution is 0.704. The second kappa shape index (κ2) is 12.6. The van der Waals surface area contributed by atoms with Gasteiger partial charge >= 0.3 is 0 Å². The summed E-state index contributed by atoms with van der Waals surface area (Å²) in [5, 5.41) is 5.94. The van der Waals surface area contributed by atoms with E-state index in [-0.39, 0.29) is 12.0 Å². The molecule has 10 rings (SSSR count). The van der Waals surface area contributed by atoms with Gasteiger partial charge in [-0.15, -0.1) is 0 Å². The molecule has 3 heteroatoms. The molecule has 3 nitrogen and oxygen atoms in total. The fraction of sp³-hybridized carbons (Fsp3) is 0.100. The summed E-state index contributed by atoms with van der Waals surface area (Å²) in [4.78, 5) is 7.83. The molecule has 3 heterocycles. The number of fused-ring (bicyclic) bond motifs is 5. The molecule has 0 radical (unpaired) electrons. The maximum absolute atomic E-state index is 5.26. The zero-order valence-corrected chi connectivity index (χ0v) is 29.8. The molecule has 0 saturated carbocycles. The van der Waals surface area contributed by atoms with E-state index in [0.29, 0.717) is 0 Å². The van der Waals surface area contributed by atoms with Crippen molar-refractivity contribution in [2.24, 2.45) is 5.92 Å². The highest BCUT2D eigenvalue weighted by Crippen LogP contribution is 2.46. The number of allylic oxidation sites excluding steroid dienone is 4. The van der Waals surface area contributed by atoms with Crippen LogP contribution < -0.4 is 15.5 Å². The minimum absolute atomic E-state index is 0.0934. The second-order valence-electron chi connectivity index (χ2n) is 14.2. The predicted molar refractivity (Wildman–Crippen MR) is 223 cm³/mol. The number of para-hydroxylation sites is 1. The van der Waals surface area contributed by atoms with Crippen LogP contribution in [0, 0.1) is 5.92 Å². The van der Waals surface area contributed by atoms with Gasteiger partial charge in [0.15, 0.2) is 0 Å². The van der Waals surface area contributed by atoms with E-state index < -0.39 is 0 Å². The van der Waals surface area contributed by atoms with Crippen LogP contribution in [-0.2, 0) is 6.42 Å². The standard InChI is InChI=1S/C50H39N3/c1-3-38-41-25-14-16-28-46(41)53(37-31-44(34-18-6-4-7-19-34)51-45(32-37)35-20-8-5-9-21-35)50(38)49-33(2)52(47-29-17-15-27-43(47)49)48-30-36-22-10-11-23-39(36)40-24-12-13-26-42(40)48/h3-12,14-25,27-32,41,46H,2,13,26H2,1H3/b38-3-,50-49?. The van der Waals surface area contributed by atoms with E-state index in [4.69, 9.17) is 11.6 Å². The summed E-state index contributed by atoms with van der Waals surface area (Å²) in [6.45, 7) is 7.16. The summed E-state index contributed by atoms with van der Waals surface area (Å²) in [5.74, 6) is 0.189. The third-order valence-corrected chi connectivity index (χ3v) is 11.3. The van der Waals surface area contributed by atoms with Crippen molar-refractivity contribution in [3.05, 3.63) is 191 Å². The number of aromatic nitrogens is 2. The molecule has 5 aromatic carbocycles. The van der Waals surface area contributed by atoms with Gasteiger partial charge in [-0.25, -0.2) is 4.98 Å². The topological polar surface area (TPSA) is 21.1 Å². The van der Waals surface area contributed by atoms with Crippen LogP contribution in [0.3, 0.4) is 0 Å². The lowest BCUT2D eigenvalue weighted by atomic mass is 9.90. The van der Waals surface area contributed by atoms with E-state index in [2.05, 4.69) is 186 Å². The van der Waals surface area contributed by atoms with Crippen LogP contribution in [-0.4, -0.2) is 15.6 Å². The third kappa shape index (κ3) is 4.99. The molecule has 3 aliphatic rings. The van der Waals surface area contributed by atoms with Crippen LogP contribution in [0.5, 0.6) is 0 Å². The summed E-state index contributed by atoms with van der Waals surface area (Å²) in [6.07, 6.45) is 18.1. The largest absolute Gasteiger partial charge is 0.333 e. The molecule has 0 N–H and O–H groups in total. The Hall–Kier alpha value is -6.45. The summed E-state index contributed by atoms with van der Waals surface area (Å²) in [7, 11) is 0. The Labute approximate surface area is 310 Å². The molecule has 2 atom stereocenters. The number of rotatable bonds is 4. The highest BCUT2D eigenvalue weighted by Gasteiger charge is 2.41. The van der Waals surface area contributed by atoms with E-state index >= 15 is 0 Å². The molecule has 2 unspecified atom stereocenters. The Morgan fingerprint density at radius 1 is 0.736 bits per heavy atom. The normalized spacial score (nSPS) is 19.3. The summed E-state index contributed by atoms with van der Waals surface area (Å²) < 4.78 is 2.44. The number of benzene rings is 5. The van der Waals surface area contributed by atoms with Crippen LogP contribution in [0.25, 0.3) is 68.2 Å². The molecule has 1 saturated heterocycles. The fourth-order valence-electron chi connectivity index (χ4n) is 8.96. The van der Waals surface area contributed by atoms with E-state index in [9.17, 15) is 0 Å². The van der Waals surface area contributed by atoms with Gasteiger partial charge in [0, 0.05) is 38.7 Å². The Morgan fingerprint density at radius 2 is 1.40 bits per heavy atom. The van der Waals surface area contributed by atoms with Gasteiger partial charge in [0.2, 0.25) is 0 Å². The van der Waals surface area contributed by atoms with Crippen molar-refractivity contribution in [3.8, 4) is 28.2 Å². The first-order valence-electron chi connectivity index (χ1n) is 18.7. The molecule has 53 heavy (non-hydrogen) atoms. The highest BCUT2D eigenvalue weighted by atomic mass is 15.2. The second-order valence-corrected chi connectivity index (χ2v) is 14.2. The van der Waals surface area contributed by atoms with Gasteiger partial charge in [0.05, 0.1) is 34.3 Å². The average Bonchev–Trinajstić information content (AvgIpc) is 3.71. The van der Waals surface area contributed by atoms with Crippen molar-refractivity contribution in [2.45, 2.75) is 25.8 Å². The van der Waals surface area contributed by atoms with Crippen molar-refractivity contribution in [2.75, 3.05) is 4.90 Å². The number of hydrogen-bond donors (Lipinski definition) is 0. The minimum atomic E-state index is 0.0934. The molecule has 2 aliphatic carbocycles. The minimum Gasteiger partial charge on any atom is -0.333 e. The van der Waals surface area contributed by atoms with E-state index in [1.54, 1.807) is 0 Å². The van der Waals surface area contributed by atoms with Gasteiger partial charge in [-0.05, 0) is 71.5 Å². The maximum atomic E-state index is 5.26. The fourth-order valence-corrected chi connectivity index (χ4v) is 8.96. The molecule has 2 aromatic heterocycles. The predicted octanol–water partition coefficient (Wildman–Crippen LogP) is 10.6. The van der Waals surface area contributed by atoms with E-state index in [0.717, 1.165) is 46.4 Å². The van der Waals surface area contributed by atoms with Gasteiger partial charge in [0.25, 0.3) is 0 Å². The number of anilines is 1. The lowest BCUT2D eigenvalue weighted by Crippen LogP contribution is -2.36. The van der Waals surface area contributed by atoms with Gasteiger partial charge in [-0.3, -0.25) is 0 Å². The van der Waals surface area contributed by atoms with Gasteiger partial charge in [-0.2, -0.15) is 0 Å². The summed E-state index contributed by atoms with van der Waals surface area (Å²) in [5.41, 5.74) is 12.8. The monoisotopic (exact) mass is 681 g/mol. The summed E-state index contributed by atoms with van der Waals surface area (Å²) in [6, 6.07) is 45.8. The number of pyridine rings is 1. The van der Waals surface area contributed by atoms with Crippen LogP contribution in [0.4, 0.5) is 5.69 Å². The van der Waals surface area contributed by atoms with Crippen molar-refractivity contribution < 1.29 is 0 Å². The van der Waals surface area contributed by atoms with Crippen LogP contribution >= 0.6 is 0 Å². The first-order chi connectivity index (χ1) is 26.2. The van der Waals surface area contributed by atoms with Crippen LogP contribution in [0.15, 0.2) is 169 Å².